The van der Waals surface area contributed by atoms with Crippen LogP contribution in [0.1, 0.15) is 55.2 Å². The van der Waals surface area contributed by atoms with Gasteiger partial charge in [-0.15, -0.1) is 0 Å². The Hall–Kier alpha value is -2.42. The SMILES string of the molecule is OC(CCCCCCCOCc1ccccc1)(c1ccccc1)c1ccccc1. The molecule has 0 unspecified atom stereocenters. The molecule has 0 spiro atoms. The topological polar surface area (TPSA) is 29.5 Å². The van der Waals surface area contributed by atoms with Crippen LogP contribution in [0, 0.1) is 0 Å². The van der Waals surface area contributed by atoms with Crippen LogP contribution in [0.25, 0.3) is 0 Å². The van der Waals surface area contributed by atoms with E-state index in [1.54, 1.807) is 0 Å². The van der Waals surface area contributed by atoms with Crippen molar-refractivity contribution in [3.05, 3.63) is 108 Å². The van der Waals surface area contributed by atoms with Crippen molar-refractivity contribution in [3.63, 3.8) is 0 Å². The van der Waals surface area contributed by atoms with Crippen LogP contribution in [-0.2, 0) is 16.9 Å². The Kier molecular flexibility index (Phi) is 8.48. The van der Waals surface area contributed by atoms with E-state index in [0.29, 0.717) is 6.61 Å². The first-order chi connectivity index (χ1) is 14.3. The van der Waals surface area contributed by atoms with Crippen molar-refractivity contribution in [3.8, 4) is 0 Å². The van der Waals surface area contributed by atoms with Gasteiger partial charge in [0.05, 0.1) is 6.61 Å². The molecule has 2 heteroatoms. The highest BCUT2D eigenvalue weighted by Crippen LogP contribution is 2.34. The molecule has 152 valence electrons. The second kappa shape index (κ2) is 11.5. The smallest absolute Gasteiger partial charge is 0.115 e. The average molecular weight is 389 g/mol. The number of unbranched alkanes of at least 4 members (excludes halogenated alkanes) is 4. The van der Waals surface area contributed by atoms with Gasteiger partial charge in [-0.25, -0.2) is 0 Å². The van der Waals surface area contributed by atoms with Crippen molar-refractivity contribution in [1.29, 1.82) is 0 Å². The lowest BCUT2D eigenvalue weighted by Gasteiger charge is -2.29. The minimum absolute atomic E-state index is 0.696. The maximum Gasteiger partial charge on any atom is 0.115 e. The van der Waals surface area contributed by atoms with Gasteiger partial charge in [-0.3, -0.25) is 0 Å². The van der Waals surface area contributed by atoms with Gasteiger partial charge in [0.15, 0.2) is 0 Å². The molecule has 0 saturated carbocycles. The maximum atomic E-state index is 11.5. The predicted octanol–water partition coefficient (Wildman–Crippen LogP) is 6.48. The fourth-order valence-electron chi connectivity index (χ4n) is 3.76. The molecule has 3 aromatic rings. The van der Waals surface area contributed by atoms with Crippen LogP contribution < -0.4 is 0 Å². The summed E-state index contributed by atoms with van der Waals surface area (Å²) in [5.41, 5.74) is 2.26. The summed E-state index contributed by atoms with van der Waals surface area (Å²) in [6.07, 6.45) is 6.31. The third-order valence-electron chi connectivity index (χ3n) is 5.44. The molecule has 3 rings (SSSR count). The van der Waals surface area contributed by atoms with E-state index in [2.05, 4.69) is 12.1 Å². The van der Waals surface area contributed by atoms with E-state index in [0.717, 1.165) is 43.4 Å². The van der Waals surface area contributed by atoms with Gasteiger partial charge in [0, 0.05) is 6.61 Å². The highest BCUT2D eigenvalue weighted by molar-refractivity contribution is 5.35. The van der Waals surface area contributed by atoms with E-state index in [-0.39, 0.29) is 0 Å². The summed E-state index contributed by atoms with van der Waals surface area (Å²) >= 11 is 0. The van der Waals surface area contributed by atoms with Crippen molar-refractivity contribution < 1.29 is 9.84 Å². The molecular weight excluding hydrogens is 356 g/mol. The quantitative estimate of drug-likeness (QED) is 0.360. The van der Waals surface area contributed by atoms with Gasteiger partial charge >= 0.3 is 0 Å². The first kappa shape index (κ1) is 21.3. The zero-order valence-corrected chi connectivity index (χ0v) is 17.2. The molecular formula is C27H32O2. The Bertz CT molecular complexity index is 760. The molecule has 29 heavy (non-hydrogen) atoms. The first-order valence-electron chi connectivity index (χ1n) is 10.7. The second-order valence-electron chi connectivity index (χ2n) is 7.65. The monoisotopic (exact) mass is 388 g/mol. The third-order valence-corrected chi connectivity index (χ3v) is 5.44. The number of hydrogen-bond acceptors (Lipinski definition) is 2. The van der Waals surface area contributed by atoms with Crippen LogP contribution in [-0.4, -0.2) is 11.7 Å². The maximum absolute atomic E-state index is 11.5. The normalized spacial score (nSPS) is 11.5. The molecule has 0 amide bonds. The van der Waals surface area contributed by atoms with Gasteiger partial charge in [0.2, 0.25) is 0 Å². The highest BCUT2D eigenvalue weighted by Gasteiger charge is 2.30. The zero-order chi connectivity index (χ0) is 20.2. The average Bonchev–Trinajstić information content (AvgIpc) is 2.79. The van der Waals surface area contributed by atoms with E-state index in [1.807, 2.05) is 78.9 Å². The summed E-state index contributed by atoms with van der Waals surface area (Å²) in [5, 5.41) is 11.5. The summed E-state index contributed by atoms with van der Waals surface area (Å²) in [7, 11) is 0. The van der Waals surface area contributed by atoms with Crippen LogP contribution in [0.2, 0.25) is 0 Å². The molecule has 0 aliphatic rings. The Labute approximate surface area is 175 Å². The number of benzene rings is 3. The lowest BCUT2D eigenvalue weighted by molar-refractivity contribution is 0.0677. The molecule has 2 nitrogen and oxygen atoms in total. The lowest BCUT2D eigenvalue weighted by atomic mass is 9.82. The van der Waals surface area contributed by atoms with E-state index < -0.39 is 5.60 Å². The molecule has 0 aliphatic heterocycles. The van der Waals surface area contributed by atoms with E-state index in [9.17, 15) is 5.11 Å². The Morgan fingerprint density at radius 3 is 1.66 bits per heavy atom. The molecule has 0 aliphatic carbocycles. The molecule has 0 aromatic heterocycles. The van der Waals surface area contributed by atoms with Gasteiger partial charge in [0.1, 0.15) is 5.60 Å². The van der Waals surface area contributed by atoms with Crippen LogP contribution in [0.4, 0.5) is 0 Å². The number of hydrogen-bond donors (Lipinski definition) is 1. The number of rotatable bonds is 12. The van der Waals surface area contributed by atoms with Crippen LogP contribution >= 0.6 is 0 Å². The summed E-state index contributed by atoms with van der Waals surface area (Å²) < 4.78 is 5.76. The van der Waals surface area contributed by atoms with Crippen molar-refractivity contribution >= 4 is 0 Å². The zero-order valence-electron chi connectivity index (χ0n) is 17.2. The standard InChI is InChI=1S/C27H32O2/c28-27(25-17-9-5-10-18-25,26-19-11-6-12-20-26)21-13-2-1-3-14-22-29-23-24-15-7-4-8-16-24/h4-12,15-20,28H,1-3,13-14,21-23H2. The second-order valence-corrected chi connectivity index (χ2v) is 7.65. The van der Waals surface area contributed by atoms with Crippen LogP contribution in [0.3, 0.4) is 0 Å². The molecule has 0 atom stereocenters. The van der Waals surface area contributed by atoms with Gasteiger partial charge in [0.25, 0.3) is 0 Å². The fraction of sp³-hybridized carbons (Fsp3) is 0.333. The van der Waals surface area contributed by atoms with Crippen LogP contribution in [0.15, 0.2) is 91.0 Å². The van der Waals surface area contributed by atoms with E-state index >= 15 is 0 Å². The molecule has 3 aromatic carbocycles. The van der Waals surface area contributed by atoms with Gasteiger partial charge < -0.3 is 9.84 Å². The number of aliphatic hydroxyl groups is 1. The van der Waals surface area contributed by atoms with Gasteiger partial charge in [-0.05, 0) is 36.0 Å². The first-order valence-corrected chi connectivity index (χ1v) is 10.7. The van der Waals surface area contributed by atoms with Crippen molar-refractivity contribution in [1.82, 2.24) is 0 Å². The molecule has 0 bridgehead atoms. The Balaban J connectivity index is 1.38. The Morgan fingerprint density at radius 2 is 1.07 bits per heavy atom. The summed E-state index contributed by atoms with van der Waals surface area (Å²) in [6, 6.07) is 30.4. The molecule has 1 N–H and O–H groups in total. The van der Waals surface area contributed by atoms with E-state index in [4.69, 9.17) is 4.74 Å². The molecule has 0 fully saturated rings. The largest absolute Gasteiger partial charge is 0.380 e. The van der Waals surface area contributed by atoms with Crippen molar-refractivity contribution in [2.24, 2.45) is 0 Å². The minimum Gasteiger partial charge on any atom is -0.380 e. The van der Waals surface area contributed by atoms with Crippen molar-refractivity contribution in [2.45, 2.75) is 50.7 Å². The third kappa shape index (κ3) is 6.56. The highest BCUT2D eigenvalue weighted by atomic mass is 16.5. The summed E-state index contributed by atoms with van der Waals surface area (Å²) in [5.74, 6) is 0. The summed E-state index contributed by atoms with van der Waals surface area (Å²) in [6.45, 7) is 1.51. The van der Waals surface area contributed by atoms with Gasteiger partial charge in [-0.1, -0.05) is 110 Å². The van der Waals surface area contributed by atoms with Gasteiger partial charge in [-0.2, -0.15) is 0 Å². The molecule has 0 saturated heterocycles. The predicted molar refractivity (Wildman–Crippen MR) is 120 cm³/mol. The summed E-state index contributed by atoms with van der Waals surface area (Å²) in [4.78, 5) is 0. The number of ether oxygens (including phenoxy) is 1. The minimum atomic E-state index is -0.915. The van der Waals surface area contributed by atoms with Crippen molar-refractivity contribution in [2.75, 3.05) is 6.61 Å². The van der Waals surface area contributed by atoms with Crippen LogP contribution in [0.5, 0.6) is 0 Å². The Morgan fingerprint density at radius 1 is 0.586 bits per heavy atom. The lowest BCUT2D eigenvalue weighted by Crippen LogP contribution is -2.27. The molecule has 0 heterocycles. The molecule has 0 radical (unpaired) electrons. The fourth-order valence-corrected chi connectivity index (χ4v) is 3.76. The van der Waals surface area contributed by atoms with E-state index in [1.165, 1.54) is 18.4 Å².